The van der Waals surface area contributed by atoms with Gasteiger partial charge in [0.15, 0.2) is 5.78 Å². The molecule has 1 aromatic rings. The van der Waals surface area contributed by atoms with Gasteiger partial charge in [0.05, 0.1) is 30.1 Å². The maximum absolute atomic E-state index is 12.1. The van der Waals surface area contributed by atoms with Gasteiger partial charge in [-0.15, -0.1) is 0 Å². The SMILES string of the molecule is CN(CCO)C1=CC(=O)C(=Nc2ccc(N)cc2)CC1=O. The van der Waals surface area contributed by atoms with Crippen molar-refractivity contribution in [1.29, 1.82) is 0 Å². The van der Waals surface area contributed by atoms with Crippen LogP contribution in [0.2, 0.25) is 0 Å². The summed E-state index contributed by atoms with van der Waals surface area (Å²) in [5.41, 5.74) is 7.30. The Morgan fingerprint density at radius 3 is 2.57 bits per heavy atom. The summed E-state index contributed by atoms with van der Waals surface area (Å²) in [6.07, 6.45) is 1.24. The third kappa shape index (κ3) is 3.55. The van der Waals surface area contributed by atoms with Crippen molar-refractivity contribution in [3.8, 4) is 0 Å². The van der Waals surface area contributed by atoms with Gasteiger partial charge in [0.2, 0.25) is 5.78 Å². The number of aliphatic imine (C=N–C) groups is 1. The Labute approximate surface area is 122 Å². The topological polar surface area (TPSA) is 96.0 Å². The third-order valence-corrected chi connectivity index (χ3v) is 3.17. The molecule has 21 heavy (non-hydrogen) atoms. The number of benzene rings is 1. The molecule has 2 rings (SSSR count). The van der Waals surface area contributed by atoms with Gasteiger partial charge in [0.25, 0.3) is 0 Å². The van der Waals surface area contributed by atoms with E-state index in [1.54, 1.807) is 36.2 Å². The number of carbonyl (C=O) groups is 2. The second kappa shape index (κ2) is 6.32. The van der Waals surface area contributed by atoms with Gasteiger partial charge in [0, 0.05) is 25.4 Å². The molecule has 0 atom stereocenters. The van der Waals surface area contributed by atoms with E-state index < -0.39 is 0 Å². The molecule has 0 radical (unpaired) electrons. The van der Waals surface area contributed by atoms with Gasteiger partial charge in [-0.05, 0) is 24.3 Å². The highest BCUT2D eigenvalue weighted by molar-refractivity contribution is 6.50. The van der Waals surface area contributed by atoms with Crippen LogP contribution in [0.5, 0.6) is 0 Å². The molecule has 0 unspecified atom stereocenters. The lowest BCUT2D eigenvalue weighted by molar-refractivity contribution is -0.118. The number of nitrogens with zero attached hydrogens (tertiary/aromatic N) is 2. The lowest BCUT2D eigenvalue weighted by atomic mass is 9.99. The van der Waals surface area contributed by atoms with E-state index in [1.807, 2.05) is 0 Å². The van der Waals surface area contributed by atoms with Crippen LogP contribution in [0.1, 0.15) is 6.42 Å². The molecule has 0 aliphatic heterocycles. The molecule has 0 saturated heterocycles. The lowest BCUT2D eigenvalue weighted by Crippen LogP contribution is -2.33. The number of hydrogen-bond acceptors (Lipinski definition) is 6. The molecule has 0 bridgehead atoms. The van der Waals surface area contributed by atoms with Crippen molar-refractivity contribution in [3.05, 3.63) is 36.0 Å². The van der Waals surface area contributed by atoms with Crippen LogP contribution in [-0.2, 0) is 9.59 Å². The molecule has 1 aliphatic carbocycles. The van der Waals surface area contributed by atoms with Gasteiger partial charge >= 0.3 is 0 Å². The van der Waals surface area contributed by atoms with E-state index in [0.717, 1.165) is 0 Å². The van der Waals surface area contributed by atoms with Crippen LogP contribution in [-0.4, -0.2) is 47.5 Å². The number of aliphatic hydroxyl groups excluding tert-OH is 1. The highest BCUT2D eigenvalue weighted by Crippen LogP contribution is 2.19. The summed E-state index contributed by atoms with van der Waals surface area (Å²) in [5.74, 6) is -0.467. The average molecular weight is 287 g/mol. The Balaban J connectivity index is 2.24. The van der Waals surface area contributed by atoms with E-state index in [9.17, 15) is 9.59 Å². The third-order valence-electron chi connectivity index (χ3n) is 3.17. The van der Waals surface area contributed by atoms with Crippen LogP contribution in [0.25, 0.3) is 0 Å². The molecule has 110 valence electrons. The standard InChI is InChI=1S/C15H17N3O3/c1-18(6-7-19)13-9-14(20)12(8-15(13)21)17-11-4-2-10(16)3-5-11/h2-5,9,19H,6-8,16H2,1H3. The second-order valence-electron chi connectivity index (χ2n) is 4.79. The number of rotatable bonds is 4. The number of carbonyl (C=O) groups excluding carboxylic acids is 2. The van der Waals surface area contributed by atoms with Crippen molar-refractivity contribution in [2.24, 2.45) is 4.99 Å². The summed E-state index contributed by atoms with van der Waals surface area (Å²) in [7, 11) is 1.66. The minimum Gasteiger partial charge on any atom is -0.399 e. The predicted octanol–water partition coefficient (Wildman–Crippen LogP) is 0.691. The zero-order valence-electron chi connectivity index (χ0n) is 11.7. The van der Waals surface area contributed by atoms with Gasteiger partial charge in [-0.3, -0.25) is 9.59 Å². The number of Topliss-reactive ketones (excluding diaryl/α,β-unsaturated/α-hetero) is 1. The minimum atomic E-state index is -0.286. The molecule has 6 nitrogen and oxygen atoms in total. The number of ketones is 2. The Morgan fingerprint density at radius 1 is 1.29 bits per heavy atom. The van der Waals surface area contributed by atoms with E-state index in [-0.39, 0.29) is 30.3 Å². The van der Waals surface area contributed by atoms with Crippen LogP contribution in [0, 0.1) is 0 Å². The molecule has 0 spiro atoms. The monoisotopic (exact) mass is 287 g/mol. The fourth-order valence-corrected chi connectivity index (χ4v) is 2.01. The molecule has 1 aliphatic rings. The number of likely N-dealkylation sites (N-methyl/N-ethyl adjacent to an activating group) is 1. The largest absolute Gasteiger partial charge is 0.399 e. The lowest BCUT2D eigenvalue weighted by Gasteiger charge is -2.23. The first-order valence-corrected chi connectivity index (χ1v) is 6.55. The summed E-state index contributed by atoms with van der Waals surface area (Å²) in [5, 5.41) is 8.89. The molecule has 0 heterocycles. The second-order valence-corrected chi connectivity index (χ2v) is 4.79. The summed E-state index contributed by atoms with van der Waals surface area (Å²) in [6, 6.07) is 6.75. The van der Waals surface area contributed by atoms with Gasteiger partial charge in [-0.1, -0.05) is 0 Å². The van der Waals surface area contributed by atoms with E-state index in [2.05, 4.69) is 4.99 Å². The van der Waals surface area contributed by atoms with Crippen molar-refractivity contribution in [2.75, 3.05) is 25.9 Å². The van der Waals surface area contributed by atoms with Gasteiger partial charge < -0.3 is 15.7 Å². The highest BCUT2D eigenvalue weighted by Gasteiger charge is 2.26. The Hall–Kier alpha value is -2.47. The molecule has 3 N–H and O–H groups in total. The quantitative estimate of drug-likeness (QED) is 0.794. The maximum atomic E-state index is 12.1. The molecular weight excluding hydrogens is 270 g/mol. The molecule has 0 amide bonds. The number of nitrogens with two attached hydrogens (primary N) is 1. The van der Waals surface area contributed by atoms with Crippen LogP contribution in [0.4, 0.5) is 11.4 Å². The fraction of sp³-hybridized carbons (Fsp3) is 0.267. The van der Waals surface area contributed by atoms with E-state index in [1.165, 1.54) is 6.08 Å². The minimum absolute atomic E-state index is 0.0369. The molecule has 6 heteroatoms. The van der Waals surface area contributed by atoms with Gasteiger partial charge in [-0.25, -0.2) is 4.99 Å². The average Bonchev–Trinajstić information content (AvgIpc) is 2.45. The number of nitrogen functional groups attached to an aromatic ring is 1. The van der Waals surface area contributed by atoms with Gasteiger partial charge in [-0.2, -0.15) is 0 Å². The van der Waals surface area contributed by atoms with Crippen LogP contribution >= 0.6 is 0 Å². The van der Waals surface area contributed by atoms with Crippen molar-refractivity contribution < 1.29 is 14.7 Å². The normalized spacial score (nSPS) is 17.0. The Morgan fingerprint density at radius 2 is 1.95 bits per heavy atom. The summed E-state index contributed by atoms with van der Waals surface area (Å²) < 4.78 is 0. The van der Waals surface area contributed by atoms with E-state index >= 15 is 0 Å². The first kappa shape index (κ1) is 14.9. The smallest absolute Gasteiger partial charge is 0.202 e. The Kier molecular flexibility index (Phi) is 4.49. The Bertz CT molecular complexity index is 618. The summed E-state index contributed by atoms with van der Waals surface area (Å²) in [6.45, 7) is 0.219. The predicted molar refractivity (Wildman–Crippen MR) is 80.4 cm³/mol. The number of allylic oxidation sites excluding steroid dienone is 2. The summed E-state index contributed by atoms with van der Waals surface area (Å²) in [4.78, 5) is 29.9. The number of hydrogen-bond donors (Lipinski definition) is 2. The van der Waals surface area contributed by atoms with E-state index in [0.29, 0.717) is 23.6 Å². The first-order chi connectivity index (χ1) is 10.0. The number of aliphatic hydroxyl groups is 1. The molecule has 0 saturated carbocycles. The molecule has 1 aromatic carbocycles. The van der Waals surface area contributed by atoms with Crippen LogP contribution < -0.4 is 5.73 Å². The fourth-order valence-electron chi connectivity index (χ4n) is 2.01. The van der Waals surface area contributed by atoms with Crippen LogP contribution in [0.15, 0.2) is 41.0 Å². The summed E-state index contributed by atoms with van der Waals surface area (Å²) >= 11 is 0. The molecular formula is C15H17N3O3. The maximum Gasteiger partial charge on any atom is 0.202 e. The number of anilines is 1. The van der Waals surface area contributed by atoms with Crippen molar-refractivity contribution in [2.45, 2.75) is 6.42 Å². The van der Waals surface area contributed by atoms with E-state index in [4.69, 9.17) is 10.8 Å². The molecule has 0 aromatic heterocycles. The molecule has 0 fully saturated rings. The van der Waals surface area contributed by atoms with Crippen molar-refractivity contribution >= 4 is 28.7 Å². The van der Waals surface area contributed by atoms with Gasteiger partial charge in [0.1, 0.15) is 0 Å². The zero-order chi connectivity index (χ0) is 15.4. The first-order valence-electron chi connectivity index (χ1n) is 6.55. The zero-order valence-corrected chi connectivity index (χ0v) is 11.7. The van der Waals surface area contributed by atoms with Crippen LogP contribution in [0.3, 0.4) is 0 Å². The highest BCUT2D eigenvalue weighted by atomic mass is 16.3. The van der Waals surface area contributed by atoms with Crippen molar-refractivity contribution in [3.63, 3.8) is 0 Å². The van der Waals surface area contributed by atoms with Crippen molar-refractivity contribution in [1.82, 2.24) is 4.90 Å².